The molecule has 0 unspecified atom stereocenters. The Morgan fingerprint density at radius 2 is 2.05 bits per heavy atom. The van der Waals surface area contributed by atoms with Crippen LogP contribution in [0.3, 0.4) is 0 Å². The molecule has 0 spiro atoms. The van der Waals surface area contributed by atoms with E-state index in [-0.39, 0.29) is 0 Å². The molecular formula is C16H13N3O. The maximum atomic E-state index is 5.18. The summed E-state index contributed by atoms with van der Waals surface area (Å²) in [7, 11) is 0. The van der Waals surface area contributed by atoms with Crippen molar-refractivity contribution in [3.05, 3.63) is 66.8 Å². The lowest BCUT2D eigenvalue weighted by atomic mass is 10.2. The molecule has 0 saturated carbocycles. The highest BCUT2D eigenvalue weighted by atomic mass is 16.3. The maximum Gasteiger partial charge on any atom is 0.126 e. The number of furan rings is 1. The van der Waals surface area contributed by atoms with Gasteiger partial charge in [0.25, 0.3) is 0 Å². The molecule has 0 fully saturated rings. The van der Waals surface area contributed by atoms with Crippen LogP contribution in [0.4, 0.5) is 5.69 Å². The lowest BCUT2D eigenvalue weighted by Gasteiger charge is -2.03. The average molecular weight is 263 g/mol. The predicted molar refractivity (Wildman–Crippen MR) is 81.6 cm³/mol. The van der Waals surface area contributed by atoms with Crippen molar-refractivity contribution in [2.24, 2.45) is 5.10 Å². The first-order chi connectivity index (χ1) is 9.93. The standard InChI is InChI=1S/C16H13N3O/c1-5-13-6-2-10-17-16(13)15(9-1)19-18-11-3-7-14-8-4-12-20-14/h1-12,19H. The highest BCUT2D eigenvalue weighted by molar-refractivity contribution is 5.90. The molecule has 0 saturated heterocycles. The Morgan fingerprint density at radius 3 is 2.95 bits per heavy atom. The van der Waals surface area contributed by atoms with E-state index in [0.717, 1.165) is 22.4 Å². The molecule has 0 aliphatic rings. The molecule has 98 valence electrons. The summed E-state index contributed by atoms with van der Waals surface area (Å²) in [4.78, 5) is 4.35. The molecule has 3 aromatic rings. The van der Waals surface area contributed by atoms with Crippen LogP contribution >= 0.6 is 0 Å². The second-order valence-electron chi connectivity index (χ2n) is 4.15. The number of fused-ring (bicyclic) bond motifs is 1. The van der Waals surface area contributed by atoms with Crippen molar-refractivity contribution < 1.29 is 4.42 Å². The van der Waals surface area contributed by atoms with Gasteiger partial charge in [0.2, 0.25) is 0 Å². The monoisotopic (exact) mass is 263 g/mol. The van der Waals surface area contributed by atoms with Gasteiger partial charge < -0.3 is 4.42 Å². The highest BCUT2D eigenvalue weighted by Gasteiger charge is 1.98. The molecule has 20 heavy (non-hydrogen) atoms. The van der Waals surface area contributed by atoms with Crippen molar-refractivity contribution in [2.45, 2.75) is 0 Å². The summed E-state index contributed by atoms with van der Waals surface area (Å²) in [5.74, 6) is 0.795. The minimum absolute atomic E-state index is 0.795. The number of aromatic nitrogens is 1. The van der Waals surface area contributed by atoms with E-state index in [4.69, 9.17) is 4.42 Å². The number of allylic oxidation sites excluding steroid dienone is 1. The van der Waals surface area contributed by atoms with Gasteiger partial charge >= 0.3 is 0 Å². The number of pyridine rings is 1. The largest absolute Gasteiger partial charge is 0.465 e. The van der Waals surface area contributed by atoms with E-state index >= 15 is 0 Å². The van der Waals surface area contributed by atoms with Crippen LogP contribution in [0.5, 0.6) is 0 Å². The molecule has 0 amide bonds. The van der Waals surface area contributed by atoms with Gasteiger partial charge in [-0.2, -0.15) is 5.10 Å². The second-order valence-corrected chi connectivity index (χ2v) is 4.15. The number of hydrazone groups is 1. The third-order valence-corrected chi connectivity index (χ3v) is 2.78. The summed E-state index contributed by atoms with van der Waals surface area (Å²) in [6.45, 7) is 0. The van der Waals surface area contributed by atoms with Gasteiger partial charge in [-0.05, 0) is 36.4 Å². The summed E-state index contributed by atoms with van der Waals surface area (Å²) in [5, 5.41) is 5.23. The minimum atomic E-state index is 0.795. The molecule has 2 heterocycles. The number of para-hydroxylation sites is 1. The summed E-state index contributed by atoms with van der Waals surface area (Å²) in [5.41, 5.74) is 4.78. The Balaban J connectivity index is 1.71. The van der Waals surface area contributed by atoms with Crippen LogP contribution < -0.4 is 5.43 Å². The van der Waals surface area contributed by atoms with E-state index in [9.17, 15) is 0 Å². The van der Waals surface area contributed by atoms with Gasteiger partial charge in [-0.15, -0.1) is 0 Å². The second kappa shape index (κ2) is 5.84. The van der Waals surface area contributed by atoms with Crippen LogP contribution in [0.2, 0.25) is 0 Å². The Hall–Kier alpha value is -2.88. The number of anilines is 1. The van der Waals surface area contributed by atoms with E-state index in [0.29, 0.717) is 0 Å². The van der Waals surface area contributed by atoms with E-state index in [1.807, 2.05) is 54.6 Å². The van der Waals surface area contributed by atoms with Crippen molar-refractivity contribution in [1.29, 1.82) is 0 Å². The Morgan fingerprint density at radius 1 is 1.10 bits per heavy atom. The molecule has 0 atom stereocenters. The fourth-order valence-electron chi connectivity index (χ4n) is 1.87. The number of nitrogens with one attached hydrogen (secondary N) is 1. The summed E-state index contributed by atoms with van der Waals surface area (Å²) in [6.07, 6.45) is 8.73. The molecule has 1 aromatic carbocycles. The number of benzene rings is 1. The van der Waals surface area contributed by atoms with E-state index in [1.54, 1.807) is 18.7 Å². The summed E-state index contributed by atoms with van der Waals surface area (Å²) < 4.78 is 5.18. The number of hydrogen-bond acceptors (Lipinski definition) is 4. The Kier molecular flexibility index (Phi) is 3.55. The zero-order valence-corrected chi connectivity index (χ0v) is 10.7. The van der Waals surface area contributed by atoms with Crippen LogP contribution in [0.1, 0.15) is 5.76 Å². The van der Waals surface area contributed by atoms with Crippen molar-refractivity contribution in [3.8, 4) is 0 Å². The van der Waals surface area contributed by atoms with Crippen LogP contribution in [-0.4, -0.2) is 11.2 Å². The average Bonchev–Trinajstić information content (AvgIpc) is 3.00. The van der Waals surface area contributed by atoms with Crippen molar-refractivity contribution >= 4 is 28.9 Å². The lowest BCUT2D eigenvalue weighted by molar-refractivity contribution is 0.557. The van der Waals surface area contributed by atoms with Gasteiger partial charge in [0.1, 0.15) is 5.76 Å². The normalized spacial score (nSPS) is 11.6. The minimum Gasteiger partial charge on any atom is -0.465 e. The van der Waals surface area contributed by atoms with Gasteiger partial charge in [0.15, 0.2) is 0 Å². The third-order valence-electron chi connectivity index (χ3n) is 2.78. The quantitative estimate of drug-likeness (QED) is 0.573. The fraction of sp³-hybridized carbons (Fsp3) is 0. The maximum absolute atomic E-state index is 5.18. The SMILES string of the molecule is C(=Cc1ccco1)C=NNc1cccc2cccnc12. The van der Waals surface area contributed by atoms with Crippen molar-refractivity contribution in [2.75, 3.05) is 5.43 Å². The molecule has 3 rings (SSSR count). The molecule has 1 N–H and O–H groups in total. The van der Waals surface area contributed by atoms with Crippen LogP contribution in [0.15, 0.2) is 70.5 Å². The summed E-state index contributed by atoms with van der Waals surface area (Å²) in [6, 6.07) is 13.6. The zero-order chi connectivity index (χ0) is 13.6. The zero-order valence-electron chi connectivity index (χ0n) is 10.7. The van der Waals surface area contributed by atoms with E-state index < -0.39 is 0 Å². The van der Waals surface area contributed by atoms with E-state index in [1.165, 1.54) is 0 Å². The van der Waals surface area contributed by atoms with Crippen molar-refractivity contribution in [1.82, 2.24) is 4.98 Å². The molecule has 0 aliphatic heterocycles. The molecule has 4 heteroatoms. The van der Waals surface area contributed by atoms with Crippen LogP contribution in [-0.2, 0) is 0 Å². The summed E-state index contributed by atoms with van der Waals surface area (Å²) >= 11 is 0. The molecule has 2 aromatic heterocycles. The molecule has 0 radical (unpaired) electrons. The van der Waals surface area contributed by atoms with Gasteiger partial charge in [-0.3, -0.25) is 10.4 Å². The first-order valence-corrected chi connectivity index (χ1v) is 6.26. The Labute approximate surface area is 116 Å². The lowest BCUT2D eigenvalue weighted by Crippen LogP contribution is -1.91. The van der Waals surface area contributed by atoms with Gasteiger partial charge in [-0.1, -0.05) is 18.2 Å². The van der Waals surface area contributed by atoms with Crippen molar-refractivity contribution in [3.63, 3.8) is 0 Å². The number of nitrogens with zero attached hydrogens (tertiary/aromatic N) is 2. The van der Waals surface area contributed by atoms with Gasteiger partial charge in [0.05, 0.1) is 17.5 Å². The third kappa shape index (κ3) is 2.75. The van der Waals surface area contributed by atoms with E-state index in [2.05, 4.69) is 15.5 Å². The van der Waals surface area contributed by atoms with Gasteiger partial charge in [-0.25, -0.2) is 0 Å². The molecule has 0 bridgehead atoms. The molecular weight excluding hydrogens is 250 g/mol. The topological polar surface area (TPSA) is 50.4 Å². The smallest absolute Gasteiger partial charge is 0.126 e. The predicted octanol–water partition coefficient (Wildman–Crippen LogP) is 3.94. The van der Waals surface area contributed by atoms with Crippen LogP contribution in [0.25, 0.3) is 17.0 Å². The molecule has 0 aliphatic carbocycles. The Bertz CT molecular complexity index is 740. The molecule has 4 nitrogen and oxygen atoms in total. The number of rotatable bonds is 4. The number of hydrogen-bond donors (Lipinski definition) is 1. The first kappa shape index (κ1) is 12.2. The van der Waals surface area contributed by atoms with Gasteiger partial charge in [0, 0.05) is 17.8 Å². The van der Waals surface area contributed by atoms with Crippen LogP contribution in [0, 0.1) is 0 Å². The first-order valence-electron chi connectivity index (χ1n) is 6.26. The highest BCUT2D eigenvalue weighted by Crippen LogP contribution is 2.20. The fourth-order valence-corrected chi connectivity index (χ4v) is 1.87.